The molecule has 1 aromatic carbocycles. The number of ether oxygens (including phenoxy) is 4. The number of rotatable bonds is 16. The van der Waals surface area contributed by atoms with Crippen molar-refractivity contribution in [3.8, 4) is 0 Å². The largest absolute Gasteiger partial charge is 0.463 e. The Balaban J connectivity index is 1.89. The number of carbonyl (C=O) groups is 5. The smallest absolute Gasteiger partial charge is 0.303 e. The fourth-order valence-electron chi connectivity index (χ4n) is 4.39. The van der Waals surface area contributed by atoms with E-state index < -0.39 is 67.7 Å². The number of hydrogen-bond donors (Lipinski definition) is 2. The van der Waals surface area contributed by atoms with E-state index >= 15 is 4.39 Å². The van der Waals surface area contributed by atoms with Crippen molar-refractivity contribution in [3.63, 3.8) is 0 Å². The van der Waals surface area contributed by atoms with E-state index in [1.54, 1.807) is 0 Å². The number of halogens is 3. The SMILES string of the molecule is CC(=O)OC[C@H]1O[C@@H](NC(=O)CNC(=O)CCCc2ccc(N(CCCl)CCCl)cc2)[C@H](F)[C@@H](OC(C)=O)[C@@H]1OC(C)=O. The third-order valence-electron chi connectivity index (χ3n) is 6.30. The molecule has 43 heavy (non-hydrogen) atoms. The van der Waals surface area contributed by atoms with Crippen LogP contribution < -0.4 is 15.5 Å². The van der Waals surface area contributed by atoms with Crippen LogP contribution in [0.25, 0.3) is 0 Å². The molecule has 1 aliphatic heterocycles. The van der Waals surface area contributed by atoms with Gasteiger partial charge in [0.1, 0.15) is 12.7 Å². The fourth-order valence-corrected chi connectivity index (χ4v) is 4.80. The highest BCUT2D eigenvalue weighted by Gasteiger charge is 2.51. The average molecular weight is 651 g/mol. The minimum absolute atomic E-state index is 0.147. The van der Waals surface area contributed by atoms with Crippen molar-refractivity contribution in [2.45, 2.75) is 70.7 Å². The molecule has 0 unspecified atom stereocenters. The summed E-state index contributed by atoms with van der Waals surface area (Å²) in [6.45, 7) is 3.64. The molecule has 0 aliphatic carbocycles. The summed E-state index contributed by atoms with van der Waals surface area (Å²) < 4.78 is 36.0. The van der Waals surface area contributed by atoms with Gasteiger partial charge in [0.2, 0.25) is 11.8 Å². The van der Waals surface area contributed by atoms with Crippen molar-refractivity contribution in [3.05, 3.63) is 29.8 Å². The summed E-state index contributed by atoms with van der Waals surface area (Å²) in [7, 11) is 0. The van der Waals surface area contributed by atoms with E-state index in [1.165, 1.54) is 0 Å². The highest BCUT2D eigenvalue weighted by atomic mass is 35.5. The molecule has 1 fully saturated rings. The van der Waals surface area contributed by atoms with Crippen molar-refractivity contribution in [1.29, 1.82) is 0 Å². The average Bonchev–Trinajstić information content (AvgIpc) is 2.94. The van der Waals surface area contributed by atoms with E-state index in [0.29, 0.717) is 37.7 Å². The van der Waals surface area contributed by atoms with Crippen LogP contribution in [0.5, 0.6) is 0 Å². The second kappa shape index (κ2) is 18.5. The van der Waals surface area contributed by atoms with Crippen LogP contribution in [0.3, 0.4) is 0 Å². The summed E-state index contributed by atoms with van der Waals surface area (Å²) in [6, 6.07) is 7.89. The summed E-state index contributed by atoms with van der Waals surface area (Å²) in [5, 5.41) is 4.76. The third kappa shape index (κ3) is 12.5. The fraction of sp³-hybridized carbons (Fsp3) is 0.607. The molecule has 5 atom stereocenters. The Bertz CT molecular complexity index is 1090. The first-order valence-corrected chi connectivity index (χ1v) is 14.8. The van der Waals surface area contributed by atoms with Crippen molar-refractivity contribution >= 4 is 58.6 Å². The van der Waals surface area contributed by atoms with Gasteiger partial charge < -0.3 is 34.5 Å². The molecule has 1 aromatic rings. The second-order valence-electron chi connectivity index (χ2n) is 9.72. The number of carbonyl (C=O) groups excluding carboxylic acids is 5. The van der Waals surface area contributed by atoms with Crippen LogP contribution in [0.2, 0.25) is 0 Å². The van der Waals surface area contributed by atoms with E-state index in [1.807, 2.05) is 24.3 Å². The van der Waals surface area contributed by atoms with E-state index in [0.717, 1.165) is 32.0 Å². The summed E-state index contributed by atoms with van der Waals surface area (Å²) in [4.78, 5) is 61.5. The maximum Gasteiger partial charge on any atom is 0.303 e. The van der Waals surface area contributed by atoms with Gasteiger partial charge in [0.05, 0.1) is 6.54 Å². The molecule has 1 saturated heterocycles. The molecule has 0 radical (unpaired) electrons. The Kier molecular flexibility index (Phi) is 15.5. The van der Waals surface area contributed by atoms with Gasteiger partial charge in [-0.1, -0.05) is 12.1 Å². The molecule has 2 rings (SSSR count). The van der Waals surface area contributed by atoms with Gasteiger partial charge in [-0.15, -0.1) is 23.2 Å². The van der Waals surface area contributed by atoms with Gasteiger partial charge in [-0.3, -0.25) is 24.0 Å². The van der Waals surface area contributed by atoms with Crippen LogP contribution in [0.1, 0.15) is 39.2 Å². The monoisotopic (exact) mass is 649 g/mol. The second-order valence-corrected chi connectivity index (χ2v) is 10.5. The van der Waals surface area contributed by atoms with Crippen molar-refractivity contribution in [2.24, 2.45) is 0 Å². The van der Waals surface area contributed by atoms with E-state index in [2.05, 4.69) is 15.5 Å². The molecule has 0 aromatic heterocycles. The molecule has 0 bridgehead atoms. The standard InChI is InChI=1S/C28H38Cl2FN3O9/c1-17(35)40-16-22-26(41-18(2)36)27(42-19(3)37)25(31)28(43-22)33-24(39)15-32-23(38)6-4-5-20-7-9-21(10-8-20)34(13-11-29)14-12-30/h7-10,22,25-28H,4-6,11-16H2,1-3H3,(H,32,38)(H,33,39)/t22-,25-,26-,27-,28-/m1/s1. The van der Waals surface area contributed by atoms with E-state index in [9.17, 15) is 24.0 Å². The molecular weight excluding hydrogens is 612 g/mol. The first-order chi connectivity index (χ1) is 20.4. The highest BCUT2D eigenvalue weighted by Crippen LogP contribution is 2.28. The quantitative estimate of drug-likeness (QED) is 0.155. The lowest BCUT2D eigenvalue weighted by atomic mass is 9.98. The van der Waals surface area contributed by atoms with Crippen LogP contribution >= 0.6 is 23.2 Å². The summed E-state index contributed by atoms with van der Waals surface area (Å²) in [5.41, 5.74) is 2.04. The van der Waals surface area contributed by atoms with Crippen LogP contribution in [-0.4, -0.2) is 98.4 Å². The van der Waals surface area contributed by atoms with Gasteiger partial charge >= 0.3 is 17.9 Å². The Labute approximate surface area is 259 Å². The molecule has 12 nitrogen and oxygen atoms in total. The van der Waals surface area contributed by atoms with Crippen LogP contribution in [0.4, 0.5) is 10.1 Å². The van der Waals surface area contributed by atoms with Gasteiger partial charge in [-0.2, -0.15) is 0 Å². The number of aryl methyl sites for hydroxylation is 1. The number of nitrogens with zero attached hydrogens (tertiary/aromatic N) is 1. The van der Waals surface area contributed by atoms with Crippen LogP contribution in [0, 0.1) is 0 Å². The zero-order valence-electron chi connectivity index (χ0n) is 24.3. The Morgan fingerprint density at radius 2 is 1.51 bits per heavy atom. The van der Waals surface area contributed by atoms with Gasteiger partial charge in [-0.25, -0.2) is 4.39 Å². The summed E-state index contributed by atoms with van der Waals surface area (Å²) in [6.07, 6.45) is -6.87. The molecule has 15 heteroatoms. The third-order valence-corrected chi connectivity index (χ3v) is 6.64. The molecule has 240 valence electrons. The minimum atomic E-state index is -2.15. The lowest BCUT2D eigenvalue weighted by molar-refractivity contribution is -0.239. The zero-order valence-corrected chi connectivity index (χ0v) is 25.8. The molecule has 2 N–H and O–H groups in total. The van der Waals surface area contributed by atoms with Crippen molar-refractivity contribution in [2.75, 3.05) is 42.9 Å². The van der Waals surface area contributed by atoms with E-state index in [-0.39, 0.29) is 12.3 Å². The normalized spacial score (nSPS) is 21.3. The van der Waals surface area contributed by atoms with E-state index in [4.69, 9.17) is 42.1 Å². The lowest BCUT2D eigenvalue weighted by Gasteiger charge is -2.42. The first-order valence-electron chi connectivity index (χ1n) is 13.7. The van der Waals surface area contributed by atoms with Crippen LogP contribution in [0.15, 0.2) is 24.3 Å². The molecular formula is C28H38Cl2FN3O9. The van der Waals surface area contributed by atoms with Gasteiger partial charge in [-0.05, 0) is 30.5 Å². The molecule has 0 saturated carbocycles. The topological polar surface area (TPSA) is 150 Å². The lowest BCUT2D eigenvalue weighted by Crippen LogP contribution is -2.64. The molecule has 1 heterocycles. The first kappa shape index (κ1) is 36.0. The Morgan fingerprint density at radius 3 is 2.07 bits per heavy atom. The summed E-state index contributed by atoms with van der Waals surface area (Å²) in [5.74, 6) is -2.58. The van der Waals surface area contributed by atoms with Gasteiger partial charge in [0.15, 0.2) is 24.6 Å². The molecule has 1 aliphatic rings. The van der Waals surface area contributed by atoms with Crippen molar-refractivity contribution < 1.29 is 47.3 Å². The summed E-state index contributed by atoms with van der Waals surface area (Å²) >= 11 is 11.7. The van der Waals surface area contributed by atoms with Crippen molar-refractivity contribution in [1.82, 2.24) is 10.6 Å². The predicted octanol–water partition coefficient (Wildman–Crippen LogP) is 2.02. The molecule has 0 spiro atoms. The zero-order chi connectivity index (χ0) is 31.9. The number of benzene rings is 1. The van der Waals surface area contributed by atoms with Gasteiger partial charge in [0.25, 0.3) is 0 Å². The number of hydrogen-bond acceptors (Lipinski definition) is 10. The van der Waals surface area contributed by atoms with Crippen LogP contribution in [-0.2, 0) is 49.3 Å². The number of nitrogens with one attached hydrogen (secondary N) is 2. The molecule has 2 amide bonds. The number of anilines is 1. The minimum Gasteiger partial charge on any atom is -0.463 e. The Hall–Kier alpha value is -3.16. The maximum absolute atomic E-state index is 15.4. The highest BCUT2D eigenvalue weighted by molar-refractivity contribution is 6.18. The number of esters is 3. The Morgan fingerprint density at radius 1 is 0.907 bits per heavy atom. The number of alkyl halides is 3. The van der Waals surface area contributed by atoms with Gasteiger partial charge in [0, 0.05) is 57.7 Å². The predicted molar refractivity (Wildman–Crippen MR) is 155 cm³/mol. The number of amides is 2. The maximum atomic E-state index is 15.4.